The summed E-state index contributed by atoms with van der Waals surface area (Å²) in [5.41, 5.74) is 2.98. The third-order valence-corrected chi connectivity index (χ3v) is 3.03. The van der Waals surface area contributed by atoms with Crippen molar-refractivity contribution in [3.63, 3.8) is 0 Å². The summed E-state index contributed by atoms with van der Waals surface area (Å²) in [5, 5.41) is 3.44. The number of hydrogen-bond acceptors (Lipinski definition) is 1. The monoisotopic (exact) mass is 225 g/mol. The number of benzene rings is 2. The summed E-state index contributed by atoms with van der Waals surface area (Å²) < 4.78 is 0. The molecule has 17 heavy (non-hydrogen) atoms. The van der Waals surface area contributed by atoms with E-state index in [-0.39, 0.29) is 0 Å². The van der Waals surface area contributed by atoms with Gasteiger partial charge in [-0.05, 0) is 31.0 Å². The minimum Gasteiger partial charge on any atom is -0.310 e. The second-order valence-corrected chi connectivity index (χ2v) is 4.28. The molecule has 0 saturated heterocycles. The van der Waals surface area contributed by atoms with Crippen LogP contribution in [0.1, 0.15) is 24.1 Å². The van der Waals surface area contributed by atoms with Crippen molar-refractivity contribution in [3.8, 4) is 0 Å². The lowest BCUT2D eigenvalue weighted by Gasteiger charge is -2.23. The molecular formula is C16H19N. The lowest BCUT2D eigenvalue weighted by atomic mass is 9.96. The van der Waals surface area contributed by atoms with E-state index in [1.54, 1.807) is 0 Å². The zero-order valence-corrected chi connectivity index (χ0v) is 10.3. The van der Waals surface area contributed by atoms with E-state index in [2.05, 4.69) is 36.5 Å². The van der Waals surface area contributed by atoms with E-state index in [1.807, 2.05) is 36.4 Å². The fraction of sp³-hybridized carbons (Fsp3) is 0.250. The smallest absolute Gasteiger partial charge is 0.0294 e. The molecule has 88 valence electrons. The molecule has 1 N–H and O–H groups in total. The van der Waals surface area contributed by atoms with Crippen LogP contribution in [-0.2, 0) is 6.42 Å². The van der Waals surface area contributed by atoms with Crippen LogP contribution >= 0.6 is 0 Å². The number of rotatable bonds is 0. The maximum atomic E-state index is 3.44. The van der Waals surface area contributed by atoms with Crippen LogP contribution in [0.5, 0.6) is 0 Å². The van der Waals surface area contributed by atoms with Gasteiger partial charge >= 0.3 is 0 Å². The molecule has 2 aromatic rings. The Hall–Kier alpha value is -1.60. The highest BCUT2D eigenvalue weighted by Crippen LogP contribution is 2.21. The van der Waals surface area contributed by atoms with Crippen LogP contribution in [0.4, 0.5) is 0 Å². The molecule has 1 unspecified atom stereocenters. The summed E-state index contributed by atoms with van der Waals surface area (Å²) in [7, 11) is 0. The SMILES string of the molecule is CC1NCCc2ccccc21.c1ccccc1. The molecule has 0 aliphatic carbocycles. The highest BCUT2D eigenvalue weighted by Gasteiger charge is 2.13. The Bertz CT molecular complexity index is 410. The minimum absolute atomic E-state index is 0.542. The number of hydrogen-bond donors (Lipinski definition) is 1. The standard InChI is InChI=1S/C10H13N.C6H6/c1-8-10-5-3-2-4-9(10)6-7-11-8;1-2-4-6-5-3-1/h2-5,8,11H,6-7H2,1H3;1-6H. The average Bonchev–Trinajstić information content (AvgIpc) is 2.42. The average molecular weight is 225 g/mol. The van der Waals surface area contributed by atoms with Gasteiger partial charge in [0.15, 0.2) is 0 Å². The molecule has 0 fully saturated rings. The summed E-state index contributed by atoms with van der Waals surface area (Å²) in [4.78, 5) is 0. The normalized spacial score (nSPS) is 17.6. The van der Waals surface area contributed by atoms with Crippen LogP contribution in [0.15, 0.2) is 60.7 Å². The van der Waals surface area contributed by atoms with E-state index >= 15 is 0 Å². The molecule has 0 aromatic heterocycles. The summed E-state index contributed by atoms with van der Waals surface area (Å²) in [5.74, 6) is 0. The summed E-state index contributed by atoms with van der Waals surface area (Å²) in [6, 6.07) is 21.2. The lowest BCUT2D eigenvalue weighted by Crippen LogP contribution is -2.27. The van der Waals surface area contributed by atoms with E-state index in [4.69, 9.17) is 0 Å². The molecule has 0 saturated carbocycles. The second-order valence-electron chi connectivity index (χ2n) is 4.28. The van der Waals surface area contributed by atoms with Crippen molar-refractivity contribution in [2.75, 3.05) is 6.54 Å². The van der Waals surface area contributed by atoms with E-state index in [1.165, 1.54) is 17.5 Å². The van der Waals surface area contributed by atoms with Gasteiger partial charge in [-0.2, -0.15) is 0 Å². The first kappa shape index (κ1) is 11.9. The van der Waals surface area contributed by atoms with Gasteiger partial charge < -0.3 is 5.32 Å². The topological polar surface area (TPSA) is 12.0 Å². The molecule has 3 rings (SSSR count). The molecule has 1 aliphatic heterocycles. The van der Waals surface area contributed by atoms with E-state index < -0.39 is 0 Å². The fourth-order valence-corrected chi connectivity index (χ4v) is 2.10. The quantitative estimate of drug-likeness (QED) is 0.722. The van der Waals surface area contributed by atoms with Gasteiger partial charge in [0.25, 0.3) is 0 Å². The van der Waals surface area contributed by atoms with Crippen molar-refractivity contribution in [1.29, 1.82) is 0 Å². The largest absolute Gasteiger partial charge is 0.310 e. The molecule has 0 radical (unpaired) electrons. The number of fused-ring (bicyclic) bond motifs is 1. The lowest BCUT2D eigenvalue weighted by molar-refractivity contribution is 0.541. The molecule has 1 heterocycles. The van der Waals surface area contributed by atoms with E-state index in [0.717, 1.165) is 6.54 Å². The van der Waals surface area contributed by atoms with Gasteiger partial charge in [0, 0.05) is 6.04 Å². The fourth-order valence-electron chi connectivity index (χ4n) is 2.10. The molecule has 0 spiro atoms. The van der Waals surface area contributed by atoms with Crippen molar-refractivity contribution in [3.05, 3.63) is 71.8 Å². The number of nitrogens with one attached hydrogen (secondary N) is 1. The Kier molecular flexibility index (Phi) is 4.34. The predicted octanol–water partition coefficient (Wildman–Crippen LogP) is 3.58. The third-order valence-electron chi connectivity index (χ3n) is 3.03. The first-order valence-corrected chi connectivity index (χ1v) is 6.19. The Balaban J connectivity index is 0.000000153. The van der Waals surface area contributed by atoms with Crippen LogP contribution in [0.25, 0.3) is 0 Å². The Morgan fingerprint density at radius 1 is 0.882 bits per heavy atom. The van der Waals surface area contributed by atoms with Crippen LogP contribution in [0.2, 0.25) is 0 Å². The minimum atomic E-state index is 0.542. The van der Waals surface area contributed by atoms with Gasteiger partial charge in [-0.3, -0.25) is 0 Å². The van der Waals surface area contributed by atoms with Crippen LogP contribution in [0.3, 0.4) is 0 Å². The Labute approximate surface area is 103 Å². The molecule has 2 aromatic carbocycles. The Morgan fingerprint density at radius 2 is 1.47 bits per heavy atom. The highest BCUT2D eigenvalue weighted by atomic mass is 14.9. The van der Waals surface area contributed by atoms with Gasteiger partial charge in [-0.1, -0.05) is 60.7 Å². The van der Waals surface area contributed by atoms with E-state index in [0.29, 0.717) is 6.04 Å². The molecular weight excluding hydrogens is 206 g/mol. The molecule has 0 bridgehead atoms. The zero-order chi connectivity index (χ0) is 11.9. The van der Waals surface area contributed by atoms with Gasteiger partial charge in [-0.25, -0.2) is 0 Å². The first-order chi connectivity index (χ1) is 8.38. The predicted molar refractivity (Wildman–Crippen MR) is 73.0 cm³/mol. The van der Waals surface area contributed by atoms with Crippen LogP contribution in [0, 0.1) is 0 Å². The van der Waals surface area contributed by atoms with Crippen molar-refractivity contribution in [2.24, 2.45) is 0 Å². The van der Waals surface area contributed by atoms with Gasteiger partial charge in [0.2, 0.25) is 0 Å². The van der Waals surface area contributed by atoms with Crippen LogP contribution < -0.4 is 5.32 Å². The molecule has 1 aliphatic rings. The first-order valence-electron chi connectivity index (χ1n) is 6.19. The van der Waals surface area contributed by atoms with Crippen molar-refractivity contribution < 1.29 is 0 Å². The maximum Gasteiger partial charge on any atom is 0.0294 e. The maximum absolute atomic E-state index is 3.44. The van der Waals surface area contributed by atoms with E-state index in [9.17, 15) is 0 Å². The molecule has 1 heteroatoms. The Morgan fingerprint density at radius 3 is 2.06 bits per heavy atom. The summed E-state index contributed by atoms with van der Waals surface area (Å²) >= 11 is 0. The van der Waals surface area contributed by atoms with Crippen molar-refractivity contribution in [1.82, 2.24) is 5.32 Å². The molecule has 1 nitrogen and oxygen atoms in total. The third kappa shape index (κ3) is 3.43. The zero-order valence-electron chi connectivity index (χ0n) is 10.3. The molecule has 1 atom stereocenters. The van der Waals surface area contributed by atoms with Gasteiger partial charge in [0.1, 0.15) is 0 Å². The van der Waals surface area contributed by atoms with Gasteiger partial charge in [0.05, 0.1) is 0 Å². The summed E-state index contributed by atoms with van der Waals surface area (Å²) in [6.07, 6.45) is 1.18. The van der Waals surface area contributed by atoms with Gasteiger partial charge in [-0.15, -0.1) is 0 Å². The van der Waals surface area contributed by atoms with Crippen molar-refractivity contribution >= 4 is 0 Å². The van der Waals surface area contributed by atoms with Crippen molar-refractivity contribution in [2.45, 2.75) is 19.4 Å². The molecule has 0 amide bonds. The summed E-state index contributed by atoms with van der Waals surface area (Å²) in [6.45, 7) is 3.34. The highest BCUT2D eigenvalue weighted by molar-refractivity contribution is 5.31. The second kappa shape index (κ2) is 6.21. The van der Waals surface area contributed by atoms with Crippen LogP contribution in [-0.4, -0.2) is 6.54 Å².